The monoisotopic (exact) mass is 239 g/mol. The average Bonchev–Trinajstić information content (AvgIpc) is 2.27. The van der Waals surface area contributed by atoms with Crippen LogP contribution in [0.1, 0.15) is 45.4 Å². The SMILES string of the molecule is CC1CCC(C(=O)N(C)CC2CC(O)C2)CC1. The van der Waals surface area contributed by atoms with Crippen molar-refractivity contribution in [3.63, 3.8) is 0 Å². The molecule has 17 heavy (non-hydrogen) atoms. The number of carbonyl (C=O) groups is 1. The standard InChI is InChI=1S/C14H25NO2/c1-10-3-5-12(6-4-10)14(17)15(2)9-11-7-13(16)8-11/h10-13,16H,3-9H2,1-2H3. The van der Waals surface area contributed by atoms with Gasteiger partial charge in [-0.05, 0) is 50.4 Å². The molecule has 2 rings (SSSR count). The van der Waals surface area contributed by atoms with Crippen LogP contribution >= 0.6 is 0 Å². The van der Waals surface area contributed by atoms with Crippen LogP contribution < -0.4 is 0 Å². The van der Waals surface area contributed by atoms with Gasteiger partial charge in [-0.1, -0.05) is 6.92 Å². The lowest BCUT2D eigenvalue weighted by Gasteiger charge is -2.36. The van der Waals surface area contributed by atoms with Crippen molar-refractivity contribution in [1.29, 1.82) is 0 Å². The first-order valence-electron chi connectivity index (χ1n) is 6.99. The molecule has 0 unspecified atom stereocenters. The average molecular weight is 239 g/mol. The van der Waals surface area contributed by atoms with E-state index < -0.39 is 0 Å². The molecule has 2 aliphatic carbocycles. The summed E-state index contributed by atoms with van der Waals surface area (Å²) in [6.07, 6.45) is 6.17. The Labute approximate surface area is 104 Å². The molecule has 0 aliphatic heterocycles. The molecular formula is C14H25NO2. The van der Waals surface area contributed by atoms with Crippen molar-refractivity contribution >= 4 is 5.91 Å². The Morgan fingerprint density at radius 3 is 2.35 bits per heavy atom. The Morgan fingerprint density at radius 1 is 1.24 bits per heavy atom. The number of aliphatic hydroxyl groups excluding tert-OH is 1. The maximum atomic E-state index is 12.2. The van der Waals surface area contributed by atoms with Crippen molar-refractivity contribution in [2.24, 2.45) is 17.8 Å². The Hall–Kier alpha value is -0.570. The van der Waals surface area contributed by atoms with Gasteiger partial charge in [0, 0.05) is 19.5 Å². The number of amides is 1. The van der Waals surface area contributed by atoms with E-state index >= 15 is 0 Å². The highest BCUT2D eigenvalue weighted by Gasteiger charge is 2.31. The first-order valence-corrected chi connectivity index (χ1v) is 6.99. The number of hydrogen-bond acceptors (Lipinski definition) is 2. The molecular weight excluding hydrogens is 214 g/mol. The summed E-state index contributed by atoms with van der Waals surface area (Å²) in [5.74, 6) is 1.92. The summed E-state index contributed by atoms with van der Waals surface area (Å²) in [6, 6.07) is 0. The number of aliphatic hydroxyl groups is 1. The summed E-state index contributed by atoms with van der Waals surface area (Å²) in [5.41, 5.74) is 0. The second kappa shape index (κ2) is 5.38. The van der Waals surface area contributed by atoms with Crippen LogP contribution in [0.2, 0.25) is 0 Å². The van der Waals surface area contributed by atoms with Gasteiger partial charge in [-0.3, -0.25) is 4.79 Å². The van der Waals surface area contributed by atoms with E-state index in [0.717, 1.165) is 38.1 Å². The molecule has 98 valence electrons. The van der Waals surface area contributed by atoms with Gasteiger partial charge in [-0.15, -0.1) is 0 Å². The van der Waals surface area contributed by atoms with Gasteiger partial charge in [-0.2, -0.15) is 0 Å². The molecule has 2 fully saturated rings. The van der Waals surface area contributed by atoms with E-state index in [0.29, 0.717) is 11.8 Å². The van der Waals surface area contributed by atoms with E-state index in [2.05, 4.69) is 6.92 Å². The van der Waals surface area contributed by atoms with Crippen LogP contribution in [0, 0.1) is 17.8 Å². The van der Waals surface area contributed by atoms with E-state index in [9.17, 15) is 9.90 Å². The van der Waals surface area contributed by atoms with E-state index in [1.54, 1.807) is 0 Å². The number of rotatable bonds is 3. The molecule has 3 heteroatoms. The maximum Gasteiger partial charge on any atom is 0.225 e. The van der Waals surface area contributed by atoms with Gasteiger partial charge in [0.25, 0.3) is 0 Å². The third-order valence-corrected chi connectivity index (χ3v) is 4.48. The number of nitrogens with zero attached hydrogens (tertiary/aromatic N) is 1. The summed E-state index contributed by atoms with van der Waals surface area (Å²) >= 11 is 0. The highest BCUT2D eigenvalue weighted by atomic mass is 16.3. The predicted molar refractivity (Wildman–Crippen MR) is 67.5 cm³/mol. The predicted octanol–water partition coefficient (Wildman–Crippen LogP) is 2.04. The van der Waals surface area contributed by atoms with Crippen LogP contribution in [-0.4, -0.2) is 35.6 Å². The van der Waals surface area contributed by atoms with Gasteiger partial charge in [0.05, 0.1) is 6.10 Å². The zero-order chi connectivity index (χ0) is 12.4. The van der Waals surface area contributed by atoms with Crippen molar-refractivity contribution in [1.82, 2.24) is 4.90 Å². The van der Waals surface area contributed by atoms with Gasteiger partial charge in [0.15, 0.2) is 0 Å². The molecule has 0 atom stereocenters. The third-order valence-electron chi connectivity index (χ3n) is 4.48. The van der Waals surface area contributed by atoms with Gasteiger partial charge >= 0.3 is 0 Å². The number of carbonyl (C=O) groups excluding carboxylic acids is 1. The molecule has 0 bridgehead atoms. The molecule has 1 amide bonds. The fourth-order valence-corrected chi connectivity index (χ4v) is 3.15. The summed E-state index contributed by atoms with van der Waals surface area (Å²) in [6.45, 7) is 3.11. The van der Waals surface area contributed by atoms with Gasteiger partial charge in [0.1, 0.15) is 0 Å². The molecule has 0 aromatic heterocycles. The molecule has 0 heterocycles. The molecule has 0 spiro atoms. The molecule has 2 saturated carbocycles. The minimum absolute atomic E-state index is 0.112. The lowest BCUT2D eigenvalue weighted by atomic mass is 9.80. The maximum absolute atomic E-state index is 12.2. The summed E-state index contributed by atoms with van der Waals surface area (Å²) in [5, 5.41) is 9.24. The van der Waals surface area contributed by atoms with E-state index in [-0.39, 0.29) is 12.0 Å². The fourth-order valence-electron chi connectivity index (χ4n) is 3.15. The molecule has 3 nitrogen and oxygen atoms in total. The van der Waals surface area contributed by atoms with Crippen molar-refractivity contribution in [3.05, 3.63) is 0 Å². The van der Waals surface area contributed by atoms with Crippen molar-refractivity contribution < 1.29 is 9.90 Å². The molecule has 1 N–H and O–H groups in total. The van der Waals surface area contributed by atoms with Gasteiger partial charge in [0.2, 0.25) is 5.91 Å². The largest absolute Gasteiger partial charge is 0.393 e. The summed E-state index contributed by atoms with van der Waals surface area (Å²) in [7, 11) is 1.92. The zero-order valence-corrected chi connectivity index (χ0v) is 11.1. The van der Waals surface area contributed by atoms with Crippen LogP contribution in [0.5, 0.6) is 0 Å². The summed E-state index contributed by atoms with van der Waals surface area (Å²) < 4.78 is 0. The highest BCUT2D eigenvalue weighted by molar-refractivity contribution is 5.78. The second-order valence-corrected chi connectivity index (χ2v) is 6.17. The third kappa shape index (κ3) is 3.21. The summed E-state index contributed by atoms with van der Waals surface area (Å²) in [4.78, 5) is 14.1. The first kappa shape index (κ1) is 12.9. The molecule has 2 aliphatic rings. The highest BCUT2D eigenvalue weighted by Crippen LogP contribution is 2.31. The molecule has 0 radical (unpaired) electrons. The van der Waals surface area contributed by atoms with Crippen molar-refractivity contribution in [2.75, 3.05) is 13.6 Å². The lowest BCUT2D eigenvalue weighted by molar-refractivity contribution is -0.137. The van der Waals surface area contributed by atoms with Crippen LogP contribution in [0.25, 0.3) is 0 Å². The van der Waals surface area contributed by atoms with Gasteiger partial charge in [-0.25, -0.2) is 0 Å². The van der Waals surface area contributed by atoms with Crippen LogP contribution in [0.3, 0.4) is 0 Å². The normalized spacial score (nSPS) is 37.4. The van der Waals surface area contributed by atoms with E-state index in [1.165, 1.54) is 12.8 Å². The second-order valence-electron chi connectivity index (χ2n) is 6.17. The first-order chi connectivity index (χ1) is 8.06. The van der Waals surface area contributed by atoms with E-state index in [1.807, 2.05) is 11.9 Å². The van der Waals surface area contributed by atoms with Crippen molar-refractivity contribution in [2.45, 2.75) is 51.6 Å². The van der Waals surface area contributed by atoms with Crippen molar-refractivity contribution in [3.8, 4) is 0 Å². The Morgan fingerprint density at radius 2 is 1.82 bits per heavy atom. The quantitative estimate of drug-likeness (QED) is 0.819. The molecule has 0 saturated heterocycles. The Balaban J connectivity index is 1.74. The smallest absolute Gasteiger partial charge is 0.225 e. The van der Waals surface area contributed by atoms with E-state index in [4.69, 9.17) is 0 Å². The van der Waals surface area contributed by atoms with Gasteiger partial charge < -0.3 is 10.0 Å². The lowest BCUT2D eigenvalue weighted by Crippen LogP contribution is -2.42. The zero-order valence-electron chi connectivity index (χ0n) is 11.1. The minimum atomic E-state index is -0.112. The Kier molecular flexibility index (Phi) is 4.08. The van der Waals surface area contributed by atoms with Crippen LogP contribution in [0.4, 0.5) is 0 Å². The molecule has 0 aromatic rings. The molecule has 0 aromatic carbocycles. The fraction of sp³-hybridized carbons (Fsp3) is 0.929. The minimum Gasteiger partial charge on any atom is -0.393 e. The van der Waals surface area contributed by atoms with Crippen LogP contribution in [-0.2, 0) is 4.79 Å². The number of hydrogen-bond donors (Lipinski definition) is 1. The van der Waals surface area contributed by atoms with Crippen LogP contribution in [0.15, 0.2) is 0 Å². The Bertz CT molecular complexity index is 265. The topological polar surface area (TPSA) is 40.5 Å².